The summed E-state index contributed by atoms with van der Waals surface area (Å²) in [6.45, 7) is 7.46. The Labute approximate surface area is 166 Å². The summed E-state index contributed by atoms with van der Waals surface area (Å²) in [4.78, 5) is 13.7. The lowest BCUT2D eigenvalue weighted by Gasteiger charge is -2.23. The number of morpholine rings is 1. The number of carbonyl (C=O) groups excluding carboxylic acids is 1. The predicted molar refractivity (Wildman–Crippen MR) is 109 cm³/mol. The number of hydrogen-bond donors (Lipinski definition) is 2. The summed E-state index contributed by atoms with van der Waals surface area (Å²) in [6, 6.07) is 16.9. The summed E-state index contributed by atoms with van der Waals surface area (Å²) in [5.74, 6) is 0.636. The van der Waals surface area contributed by atoms with Crippen LogP contribution in [0.4, 0.5) is 0 Å². The van der Waals surface area contributed by atoms with Gasteiger partial charge < -0.3 is 14.4 Å². The Bertz CT molecular complexity index is 769. The van der Waals surface area contributed by atoms with E-state index in [2.05, 4.69) is 10.5 Å². The van der Waals surface area contributed by atoms with E-state index < -0.39 is 0 Å². The maximum absolute atomic E-state index is 12.2. The lowest BCUT2D eigenvalue weighted by atomic mass is 10.1. The monoisotopic (exact) mass is 382 g/mol. The third kappa shape index (κ3) is 5.90. The molecule has 148 valence electrons. The maximum atomic E-state index is 12.2. The molecule has 0 atom stereocenters. The van der Waals surface area contributed by atoms with Crippen molar-refractivity contribution in [2.75, 3.05) is 39.5 Å². The van der Waals surface area contributed by atoms with Gasteiger partial charge in [0.05, 0.1) is 18.9 Å². The largest absolute Gasteiger partial charge is 0.488 e. The minimum atomic E-state index is -0.211. The van der Waals surface area contributed by atoms with Crippen LogP contribution in [0, 0.1) is 0 Å². The Kier molecular flexibility index (Phi) is 7.58. The molecule has 1 amide bonds. The molecule has 0 radical (unpaired) electrons. The molecule has 0 bridgehead atoms. The second-order valence-corrected chi connectivity index (χ2v) is 6.70. The Morgan fingerprint density at radius 2 is 1.79 bits per heavy atom. The second-order valence-electron chi connectivity index (χ2n) is 6.70. The number of ether oxygens (including phenoxy) is 2. The molecular formula is C22H28N3O3+. The van der Waals surface area contributed by atoms with E-state index in [-0.39, 0.29) is 5.91 Å². The molecule has 1 aliphatic heterocycles. The average Bonchev–Trinajstić information content (AvgIpc) is 2.76. The summed E-state index contributed by atoms with van der Waals surface area (Å²) < 4.78 is 11.2. The third-order valence-corrected chi connectivity index (χ3v) is 4.78. The SMILES string of the molecule is CC/C(=N\NC(=O)c1ccccc1)c1ccc(OCC[NH+]2CCOCC2)cc1. The van der Waals surface area contributed by atoms with Crippen molar-refractivity contribution in [3.8, 4) is 5.75 Å². The smallest absolute Gasteiger partial charge is 0.271 e. The zero-order chi connectivity index (χ0) is 19.6. The number of hydrazone groups is 1. The standard InChI is InChI=1S/C22H27N3O3/c1-2-21(23-24-22(26)19-6-4-3-5-7-19)18-8-10-20(11-9-18)28-17-14-25-12-15-27-16-13-25/h3-11H,2,12-17H2,1H3,(H,24,26)/p+1/b23-21+. The van der Waals surface area contributed by atoms with Gasteiger partial charge in [0.1, 0.15) is 32.0 Å². The van der Waals surface area contributed by atoms with E-state index in [1.165, 1.54) is 4.90 Å². The molecule has 1 saturated heterocycles. The van der Waals surface area contributed by atoms with Gasteiger partial charge in [-0.15, -0.1) is 0 Å². The van der Waals surface area contributed by atoms with Gasteiger partial charge in [-0.25, -0.2) is 5.43 Å². The van der Waals surface area contributed by atoms with Crippen LogP contribution >= 0.6 is 0 Å². The Morgan fingerprint density at radius 3 is 2.46 bits per heavy atom. The van der Waals surface area contributed by atoms with Crippen LogP contribution in [0.25, 0.3) is 0 Å². The van der Waals surface area contributed by atoms with Crippen molar-refractivity contribution in [2.45, 2.75) is 13.3 Å². The average molecular weight is 382 g/mol. The highest BCUT2D eigenvalue weighted by Crippen LogP contribution is 2.14. The number of benzene rings is 2. The summed E-state index contributed by atoms with van der Waals surface area (Å²) in [5, 5.41) is 4.30. The summed E-state index contributed by atoms with van der Waals surface area (Å²) in [6.07, 6.45) is 0.718. The van der Waals surface area contributed by atoms with Crippen LogP contribution in [-0.4, -0.2) is 51.1 Å². The number of nitrogens with one attached hydrogen (secondary N) is 2. The Hall–Kier alpha value is -2.70. The molecular weight excluding hydrogens is 354 g/mol. The van der Waals surface area contributed by atoms with Gasteiger partial charge in [-0.2, -0.15) is 5.10 Å². The first-order valence-electron chi connectivity index (χ1n) is 9.82. The van der Waals surface area contributed by atoms with Crippen LogP contribution in [0.3, 0.4) is 0 Å². The molecule has 0 spiro atoms. The predicted octanol–water partition coefficient (Wildman–Crippen LogP) is 1.52. The molecule has 0 aliphatic carbocycles. The van der Waals surface area contributed by atoms with Crippen molar-refractivity contribution in [3.05, 3.63) is 65.7 Å². The highest BCUT2D eigenvalue weighted by Gasteiger charge is 2.13. The zero-order valence-electron chi connectivity index (χ0n) is 16.3. The molecule has 1 heterocycles. The topological polar surface area (TPSA) is 64.4 Å². The second kappa shape index (κ2) is 10.6. The fraction of sp³-hybridized carbons (Fsp3) is 0.364. The first-order chi connectivity index (χ1) is 13.8. The molecule has 6 heteroatoms. The van der Waals surface area contributed by atoms with Gasteiger partial charge in [-0.1, -0.05) is 25.1 Å². The summed E-state index contributed by atoms with van der Waals surface area (Å²) in [7, 11) is 0. The quantitative estimate of drug-likeness (QED) is 0.538. The van der Waals surface area contributed by atoms with Crippen LogP contribution in [0.5, 0.6) is 5.75 Å². The van der Waals surface area contributed by atoms with Gasteiger partial charge in [0.25, 0.3) is 5.91 Å². The van der Waals surface area contributed by atoms with Gasteiger partial charge in [0.15, 0.2) is 0 Å². The zero-order valence-corrected chi connectivity index (χ0v) is 16.3. The molecule has 6 nitrogen and oxygen atoms in total. The lowest BCUT2D eigenvalue weighted by Crippen LogP contribution is -3.14. The summed E-state index contributed by atoms with van der Waals surface area (Å²) in [5.41, 5.74) is 5.03. The molecule has 0 aromatic heterocycles. The number of amides is 1. The molecule has 2 N–H and O–H groups in total. The molecule has 2 aromatic carbocycles. The van der Waals surface area contributed by atoms with Gasteiger partial charge in [0, 0.05) is 5.56 Å². The molecule has 2 aromatic rings. The minimum Gasteiger partial charge on any atom is -0.488 e. The lowest BCUT2D eigenvalue weighted by molar-refractivity contribution is -0.908. The molecule has 0 saturated carbocycles. The first kappa shape index (κ1) is 20.0. The fourth-order valence-electron chi connectivity index (χ4n) is 3.09. The Morgan fingerprint density at radius 1 is 1.07 bits per heavy atom. The first-order valence-corrected chi connectivity index (χ1v) is 9.82. The van der Waals surface area contributed by atoms with Gasteiger partial charge in [0.2, 0.25) is 0 Å². The molecule has 0 unspecified atom stereocenters. The van der Waals surface area contributed by atoms with Crippen molar-refractivity contribution in [2.24, 2.45) is 5.10 Å². The van der Waals surface area contributed by atoms with E-state index in [1.54, 1.807) is 12.1 Å². The fourth-order valence-corrected chi connectivity index (χ4v) is 3.09. The van der Waals surface area contributed by atoms with Crippen LogP contribution in [0.1, 0.15) is 29.3 Å². The minimum absolute atomic E-state index is 0.211. The van der Waals surface area contributed by atoms with Crippen molar-refractivity contribution in [1.82, 2.24) is 5.43 Å². The van der Waals surface area contributed by atoms with Crippen LogP contribution in [0.15, 0.2) is 59.7 Å². The van der Waals surface area contributed by atoms with Gasteiger partial charge >= 0.3 is 0 Å². The van der Waals surface area contributed by atoms with Crippen molar-refractivity contribution >= 4 is 11.6 Å². The number of carbonyl (C=O) groups is 1. The highest BCUT2D eigenvalue weighted by molar-refractivity contribution is 6.02. The van der Waals surface area contributed by atoms with Crippen molar-refractivity contribution in [1.29, 1.82) is 0 Å². The van der Waals surface area contributed by atoms with Crippen LogP contribution in [-0.2, 0) is 4.74 Å². The van der Waals surface area contributed by atoms with E-state index in [9.17, 15) is 4.79 Å². The van der Waals surface area contributed by atoms with E-state index in [0.717, 1.165) is 56.3 Å². The van der Waals surface area contributed by atoms with E-state index in [1.807, 2.05) is 49.4 Å². The molecule has 1 aliphatic rings. The molecule has 3 rings (SSSR count). The normalized spacial score (nSPS) is 15.2. The van der Waals surface area contributed by atoms with E-state index >= 15 is 0 Å². The van der Waals surface area contributed by atoms with Gasteiger partial charge in [-0.05, 0) is 48.4 Å². The Balaban J connectivity index is 1.52. The van der Waals surface area contributed by atoms with Crippen molar-refractivity contribution in [3.63, 3.8) is 0 Å². The number of nitrogens with zero attached hydrogens (tertiary/aromatic N) is 1. The third-order valence-electron chi connectivity index (χ3n) is 4.78. The number of rotatable bonds is 8. The highest BCUT2D eigenvalue weighted by atomic mass is 16.5. The van der Waals surface area contributed by atoms with Crippen LogP contribution in [0.2, 0.25) is 0 Å². The van der Waals surface area contributed by atoms with E-state index in [4.69, 9.17) is 9.47 Å². The number of hydrogen-bond acceptors (Lipinski definition) is 4. The number of quaternary nitrogens is 1. The van der Waals surface area contributed by atoms with Gasteiger partial charge in [-0.3, -0.25) is 4.79 Å². The molecule has 1 fully saturated rings. The summed E-state index contributed by atoms with van der Waals surface area (Å²) >= 11 is 0. The molecule has 28 heavy (non-hydrogen) atoms. The maximum Gasteiger partial charge on any atom is 0.271 e. The van der Waals surface area contributed by atoms with Crippen molar-refractivity contribution < 1.29 is 19.2 Å². The van der Waals surface area contributed by atoms with E-state index in [0.29, 0.717) is 12.2 Å². The van der Waals surface area contributed by atoms with Crippen LogP contribution < -0.4 is 15.1 Å².